The van der Waals surface area contributed by atoms with E-state index >= 15 is 0 Å². The van der Waals surface area contributed by atoms with Crippen LogP contribution in [0.3, 0.4) is 0 Å². The van der Waals surface area contributed by atoms with E-state index in [1.807, 2.05) is 16.8 Å². The van der Waals surface area contributed by atoms with Gasteiger partial charge in [-0.25, -0.2) is 0 Å². The molecule has 0 saturated carbocycles. The molecule has 0 amide bonds. The third-order valence-electron chi connectivity index (χ3n) is 1.18. The zero-order valence-electron chi connectivity index (χ0n) is 5.02. The molecular formula is C6H4N2S2. The largest absolute Gasteiger partial charge is 0.152 e. The Balaban J connectivity index is 2.48. The summed E-state index contributed by atoms with van der Waals surface area (Å²) in [7, 11) is 0. The highest BCUT2D eigenvalue weighted by atomic mass is 32.1. The van der Waals surface area contributed by atoms with Crippen LogP contribution in [0.1, 0.15) is 0 Å². The standard InChI is InChI=1S/C6H4N2S2/c1-2-9-3-5(1)6-4-10-8-7-6/h1-4H. The van der Waals surface area contributed by atoms with Crippen LogP contribution in [0.25, 0.3) is 11.3 Å². The van der Waals surface area contributed by atoms with Crippen molar-refractivity contribution in [1.82, 2.24) is 9.59 Å². The van der Waals surface area contributed by atoms with Gasteiger partial charge in [-0.05, 0) is 23.0 Å². The molecule has 0 aliphatic rings. The quantitative estimate of drug-likeness (QED) is 0.652. The number of rotatable bonds is 1. The molecule has 10 heavy (non-hydrogen) atoms. The van der Waals surface area contributed by atoms with Gasteiger partial charge < -0.3 is 0 Å². The van der Waals surface area contributed by atoms with Crippen molar-refractivity contribution in [3.8, 4) is 11.3 Å². The van der Waals surface area contributed by atoms with Crippen molar-refractivity contribution in [3.63, 3.8) is 0 Å². The van der Waals surface area contributed by atoms with Gasteiger partial charge >= 0.3 is 0 Å². The van der Waals surface area contributed by atoms with E-state index in [2.05, 4.69) is 15.0 Å². The minimum atomic E-state index is 0.978. The van der Waals surface area contributed by atoms with E-state index in [9.17, 15) is 0 Å². The molecule has 2 aromatic rings. The van der Waals surface area contributed by atoms with E-state index in [0.717, 1.165) is 5.69 Å². The lowest BCUT2D eigenvalue weighted by Gasteiger charge is -1.82. The van der Waals surface area contributed by atoms with Crippen LogP contribution in [0, 0.1) is 0 Å². The van der Waals surface area contributed by atoms with Gasteiger partial charge in [0.2, 0.25) is 0 Å². The summed E-state index contributed by atoms with van der Waals surface area (Å²) in [5.41, 5.74) is 2.14. The molecule has 0 saturated heterocycles. The lowest BCUT2D eigenvalue weighted by Crippen LogP contribution is -1.70. The molecule has 0 unspecified atom stereocenters. The topological polar surface area (TPSA) is 25.8 Å². The molecule has 0 spiro atoms. The summed E-state index contributed by atoms with van der Waals surface area (Å²) in [5.74, 6) is 0. The normalized spacial score (nSPS) is 10.0. The summed E-state index contributed by atoms with van der Waals surface area (Å²) in [6, 6.07) is 2.04. The Hall–Kier alpha value is -0.740. The van der Waals surface area contributed by atoms with Crippen LogP contribution in [0.5, 0.6) is 0 Å². The SMILES string of the molecule is c1cc(-c2csnn2)cs1. The van der Waals surface area contributed by atoms with Crippen LogP contribution in [0.15, 0.2) is 22.2 Å². The van der Waals surface area contributed by atoms with E-state index in [0.29, 0.717) is 0 Å². The van der Waals surface area contributed by atoms with Gasteiger partial charge in [0.15, 0.2) is 0 Å². The average molecular weight is 168 g/mol. The summed E-state index contributed by atoms with van der Waals surface area (Å²) in [6.07, 6.45) is 0. The molecule has 0 N–H and O–H groups in total. The fraction of sp³-hybridized carbons (Fsp3) is 0. The monoisotopic (exact) mass is 168 g/mol. The molecule has 50 valence electrons. The van der Waals surface area contributed by atoms with Crippen LogP contribution in [0.2, 0.25) is 0 Å². The van der Waals surface area contributed by atoms with Gasteiger partial charge in [-0.15, -0.1) is 5.10 Å². The van der Waals surface area contributed by atoms with Crippen molar-refractivity contribution in [2.75, 3.05) is 0 Å². The smallest absolute Gasteiger partial charge is 0.106 e. The van der Waals surface area contributed by atoms with Crippen molar-refractivity contribution in [1.29, 1.82) is 0 Å². The van der Waals surface area contributed by atoms with Crippen molar-refractivity contribution in [2.45, 2.75) is 0 Å². The molecule has 0 radical (unpaired) electrons. The molecule has 2 heterocycles. The highest BCUT2D eigenvalue weighted by molar-refractivity contribution is 7.08. The summed E-state index contributed by atoms with van der Waals surface area (Å²) in [5, 5.41) is 9.98. The first-order valence-electron chi connectivity index (χ1n) is 2.76. The molecule has 0 fully saturated rings. The third kappa shape index (κ3) is 0.955. The zero-order valence-corrected chi connectivity index (χ0v) is 6.65. The Morgan fingerprint density at radius 2 is 2.30 bits per heavy atom. The van der Waals surface area contributed by atoms with Gasteiger partial charge in [0.25, 0.3) is 0 Å². The number of hydrogen-bond acceptors (Lipinski definition) is 4. The predicted octanol–water partition coefficient (Wildman–Crippen LogP) is 2.27. The summed E-state index contributed by atoms with van der Waals surface area (Å²) < 4.78 is 3.77. The fourth-order valence-corrected chi connectivity index (χ4v) is 1.82. The van der Waals surface area contributed by atoms with E-state index in [1.165, 1.54) is 17.1 Å². The molecule has 0 bridgehead atoms. The summed E-state index contributed by atoms with van der Waals surface area (Å²) in [6.45, 7) is 0. The molecule has 0 aliphatic heterocycles. The Morgan fingerprint density at radius 1 is 1.30 bits per heavy atom. The molecule has 0 aromatic carbocycles. The second kappa shape index (κ2) is 2.48. The van der Waals surface area contributed by atoms with Gasteiger partial charge in [0.1, 0.15) is 5.69 Å². The van der Waals surface area contributed by atoms with E-state index in [-0.39, 0.29) is 0 Å². The first kappa shape index (κ1) is 6.00. The van der Waals surface area contributed by atoms with E-state index in [1.54, 1.807) is 11.3 Å². The fourth-order valence-electron chi connectivity index (χ4n) is 0.701. The lowest BCUT2D eigenvalue weighted by molar-refractivity contribution is 1.16. The predicted molar refractivity (Wildman–Crippen MR) is 43.2 cm³/mol. The Kier molecular flexibility index (Phi) is 1.49. The van der Waals surface area contributed by atoms with Gasteiger partial charge in [-0.2, -0.15) is 11.3 Å². The molecule has 2 aromatic heterocycles. The first-order chi connectivity index (χ1) is 4.97. The van der Waals surface area contributed by atoms with Crippen molar-refractivity contribution in [3.05, 3.63) is 22.2 Å². The molecule has 2 nitrogen and oxygen atoms in total. The second-order valence-electron chi connectivity index (χ2n) is 1.80. The molecule has 2 rings (SSSR count). The average Bonchev–Trinajstić information content (AvgIpc) is 2.59. The van der Waals surface area contributed by atoms with Crippen LogP contribution < -0.4 is 0 Å². The minimum Gasteiger partial charge on any atom is -0.152 e. The maximum atomic E-state index is 3.93. The van der Waals surface area contributed by atoms with Crippen LogP contribution in [0.4, 0.5) is 0 Å². The lowest BCUT2D eigenvalue weighted by atomic mass is 10.3. The van der Waals surface area contributed by atoms with Gasteiger partial charge in [-0.1, -0.05) is 4.49 Å². The number of nitrogens with zero attached hydrogens (tertiary/aromatic N) is 2. The second-order valence-corrected chi connectivity index (χ2v) is 3.19. The molecule has 4 heteroatoms. The molecule has 0 atom stereocenters. The maximum absolute atomic E-state index is 3.93. The highest BCUT2D eigenvalue weighted by Crippen LogP contribution is 2.19. The van der Waals surface area contributed by atoms with Gasteiger partial charge in [0, 0.05) is 16.3 Å². The summed E-state index contributed by atoms with van der Waals surface area (Å²) >= 11 is 3.06. The molecular weight excluding hydrogens is 164 g/mol. The Morgan fingerprint density at radius 3 is 2.90 bits per heavy atom. The number of aromatic nitrogens is 2. The van der Waals surface area contributed by atoms with Gasteiger partial charge in [-0.3, -0.25) is 0 Å². The van der Waals surface area contributed by atoms with E-state index < -0.39 is 0 Å². The third-order valence-corrected chi connectivity index (χ3v) is 2.36. The molecule has 0 aliphatic carbocycles. The van der Waals surface area contributed by atoms with Crippen LogP contribution >= 0.6 is 22.9 Å². The number of thiophene rings is 1. The maximum Gasteiger partial charge on any atom is 0.106 e. The Bertz CT molecular complexity index is 253. The number of hydrogen-bond donors (Lipinski definition) is 0. The Labute approximate surface area is 66.3 Å². The van der Waals surface area contributed by atoms with Crippen molar-refractivity contribution < 1.29 is 0 Å². The van der Waals surface area contributed by atoms with Crippen LogP contribution in [-0.2, 0) is 0 Å². The zero-order chi connectivity index (χ0) is 6.81. The van der Waals surface area contributed by atoms with Crippen LogP contribution in [-0.4, -0.2) is 9.59 Å². The van der Waals surface area contributed by atoms with Gasteiger partial charge in [0.05, 0.1) is 0 Å². The van der Waals surface area contributed by atoms with E-state index in [4.69, 9.17) is 0 Å². The first-order valence-corrected chi connectivity index (χ1v) is 4.54. The summed E-state index contributed by atoms with van der Waals surface area (Å²) in [4.78, 5) is 0. The minimum absolute atomic E-state index is 0.978. The highest BCUT2D eigenvalue weighted by Gasteiger charge is 1.98. The van der Waals surface area contributed by atoms with Crippen molar-refractivity contribution in [2.24, 2.45) is 0 Å². The van der Waals surface area contributed by atoms with Crippen molar-refractivity contribution >= 4 is 22.9 Å².